The number of rotatable bonds is 5. The molecule has 0 N–H and O–H groups in total. The number of benzene rings is 1. The lowest BCUT2D eigenvalue weighted by Crippen LogP contribution is -2.05. The standard InChI is InChI=1S/C15H11F5N4O2S/c1-25-15-23-8-10(9-24-15)13-14(22-7-6-21-13)26-11-2-4-12(5-3-11)27(16,17,18,19)20/h2-9H,1H3. The first-order valence-electron chi connectivity index (χ1n) is 7.16. The van der Waals surface area contributed by atoms with Crippen molar-refractivity contribution in [2.75, 3.05) is 7.11 Å². The third-order valence-corrected chi connectivity index (χ3v) is 4.40. The summed E-state index contributed by atoms with van der Waals surface area (Å²) in [5, 5.41) is 0. The Morgan fingerprint density at radius 3 is 1.96 bits per heavy atom. The molecule has 2 aromatic heterocycles. The topological polar surface area (TPSA) is 70.0 Å². The van der Waals surface area contributed by atoms with Crippen LogP contribution in [0.4, 0.5) is 19.4 Å². The van der Waals surface area contributed by atoms with E-state index in [0.29, 0.717) is 5.56 Å². The molecule has 1 aromatic carbocycles. The number of methoxy groups -OCH3 is 1. The number of halogens is 5. The molecule has 0 atom stereocenters. The van der Waals surface area contributed by atoms with Crippen LogP contribution in [0.2, 0.25) is 0 Å². The van der Waals surface area contributed by atoms with Gasteiger partial charge in [0.15, 0.2) is 0 Å². The number of hydrogen-bond acceptors (Lipinski definition) is 6. The van der Waals surface area contributed by atoms with Crippen LogP contribution in [0.5, 0.6) is 17.6 Å². The first-order chi connectivity index (χ1) is 12.5. The molecule has 0 saturated carbocycles. The third kappa shape index (κ3) is 4.39. The van der Waals surface area contributed by atoms with Crippen LogP contribution in [0.3, 0.4) is 0 Å². The monoisotopic (exact) mass is 406 g/mol. The molecule has 0 bridgehead atoms. The second-order valence-corrected chi connectivity index (χ2v) is 7.62. The molecule has 6 nitrogen and oxygen atoms in total. The molecule has 0 aliphatic heterocycles. The molecular formula is C15H11F5N4O2S. The van der Waals surface area contributed by atoms with Crippen molar-refractivity contribution in [3.8, 4) is 28.9 Å². The quantitative estimate of drug-likeness (QED) is 0.529. The van der Waals surface area contributed by atoms with Crippen LogP contribution in [0.1, 0.15) is 0 Å². The van der Waals surface area contributed by atoms with Gasteiger partial charge in [0, 0.05) is 30.4 Å². The van der Waals surface area contributed by atoms with Crippen molar-refractivity contribution in [2.45, 2.75) is 4.90 Å². The van der Waals surface area contributed by atoms with Gasteiger partial charge in [0.05, 0.1) is 7.11 Å². The van der Waals surface area contributed by atoms with Crippen LogP contribution in [0.25, 0.3) is 11.3 Å². The molecular weight excluding hydrogens is 395 g/mol. The van der Waals surface area contributed by atoms with Gasteiger partial charge < -0.3 is 9.47 Å². The van der Waals surface area contributed by atoms with E-state index in [9.17, 15) is 19.4 Å². The SMILES string of the molecule is COc1ncc(-c2nccnc2Oc2ccc(S(F)(F)(F)(F)F)cc2)cn1. The van der Waals surface area contributed by atoms with Crippen LogP contribution >= 0.6 is 10.2 Å². The zero-order valence-corrected chi connectivity index (χ0v) is 14.3. The van der Waals surface area contributed by atoms with E-state index in [4.69, 9.17) is 9.47 Å². The minimum atomic E-state index is -9.74. The Labute approximate surface area is 149 Å². The van der Waals surface area contributed by atoms with E-state index < -0.39 is 15.1 Å². The molecule has 27 heavy (non-hydrogen) atoms. The lowest BCUT2D eigenvalue weighted by atomic mass is 10.2. The fourth-order valence-corrected chi connectivity index (χ4v) is 2.67. The number of aromatic nitrogens is 4. The van der Waals surface area contributed by atoms with Gasteiger partial charge in [-0.25, -0.2) is 19.9 Å². The summed E-state index contributed by atoms with van der Waals surface area (Å²) in [4.78, 5) is 13.9. The zero-order chi connectivity index (χ0) is 19.8. The maximum Gasteiger partial charge on any atom is 0.316 e. The molecule has 3 rings (SSSR count). The first-order valence-corrected chi connectivity index (χ1v) is 9.11. The van der Waals surface area contributed by atoms with E-state index in [0.717, 1.165) is 12.1 Å². The van der Waals surface area contributed by atoms with Gasteiger partial charge in [-0.3, -0.25) is 0 Å². The van der Waals surface area contributed by atoms with Crippen molar-refractivity contribution in [2.24, 2.45) is 0 Å². The Morgan fingerprint density at radius 2 is 1.41 bits per heavy atom. The zero-order valence-electron chi connectivity index (χ0n) is 13.5. The summed E-state index contributed by atoms with van der Waals surface area (Å²) in [6.45, 7) is 0. The highest BCUT2D eigenvalue weighted by Gasteiger charge is 2.65. The van der Waals surface area contributed by atoms with Crippen LogP contribution in [-0.2, 0) is 0 Å². The van der Waals surface area contributed by atoms with Crippen molar-refractivity contribution in [1.82, 2.24) is 19.9 Å². The average Bonchev–Trinajstić information content (AvgIpc) is 2.61. The molecule has 0 saturated heterocycles. The van der Waals surface area contributed by atoms with Crippen molar-refractivity contribution in [3.63, 3.8) is 0 Å². The van der Waals surface area contributed by atoms with Gasteiger partial charge in [0.25, 0.3) is 0 Å². The Hall–Kier alpha value is -3.02. The van der Waals surface area contributed by atoms with Gasteiger partial charge in [0.2, 0.25) is 5.88 Å². The van der Waals surface area contributed by atoms with Gasteiger partial charge in [-0.15, -0.1) is 0 Å². The number of nitrogens with zero attached hydrogens (tertiary/aromatic N) is 4. The molecule has 2 heterocycles. The minimum Gasteiger partial charge on any atom is -0.467 e. The molecule has 144 valence electrons. The Morgan fingerprint density at radius 1 is 0.815 bits per heavy atom. The van der Waals surface area contributed by atoms with Gasteiger partial charge in [0.1, 0.15) is 16.3 Å². The Balaban J connectivity index is 1.91. The van der Waals surface area contributed by atoms with Crippen molar-refractivity contribution in [1.29, 1.82) is 0 Å². The molecule has 12 heteroatoms. The van der Waals surface area contributed by atoms with Gasteiger partial charge in [-0.1, -0.05) is 19.4 Å². The second kappa shape index (κ2) is 5.74. The summed E-state index contributed by atoms with van der Waals surface area (Å²) < 4.78 is 74.1. The molecule has 0 spiro atoms. The fourth-order valence-electron chi connectivity index (χ4n) is 2.02. The predicted octanol–water partition coefficient (Wildman–Crippen LogP) is 5.39. The maximum absolute atomic E-state index is 12.8. The van der Waals surface area contributed by atoms with Crippen molar-refractivity contribution < 1.29 is 28.9 Å². The molecule has 0 radical (unpaired) electrons. The summed E-state index contributed by atoms with van der Waals surface area (Å²) in [6, 6.07) is 2.18. The van der Waals surface area contributed by atoms with E-state index in [1.165, 1.54) is 31.9 Å². The van der Waals surface area contributed by atoms with Gasteiger partial charge in [-0.05, 0) is 24.3 Å². The first kappa shape index (κ1) is 18.8. The second-order valence-electron chi connectivity index (χ2n) is 5.21. The highest BCUT2D eigenvalue weighted by atomic mass is 32.5. The van der Waals surface area contributed by atoms with Crippen LogP contribution in [0.15, 0.2) is 53.9 Å². The van der Waals surface area contributed by atoms with E-state index in [2.05, 4.69) is 19.9 Å². The van der Waals surface area contributed by atoms with Crippen molar-refractivity contribution >= 4 is 10.2 Å². The highest BCUT2D eigenvalue weighted by molar-refractivity contribution is 8.45. The van der Waals surface area contributed by atoms with E-state index >= 15 is 0 Å². The van der Waals surface area contributed by atoms with Gasteiger partial charge in [-0.2, -0.15) is 0 Å². The molecule has 0 aliphatic rings. The maximum atomic E-state index is 12.8. The van der Waals surface area contributed by atoms with Crippen LogP contribution in [0, 0.1) is 0 Å². The molecule has 3 aromatic rings. The number of ether oxygens (including phenoxy) is 2. The van der Waals surface area contributed by atoms with E-state index in [1.807, 2.05) is 0 Å². The predicted molar refractivity (Wildman–Crippen MR) is 87.5 cm³/mol. The molecule has 0 unspecified atom stereocenters. The summed E-state index contributed by atoms with van der Waals surface area (Å²) in [5.41, 5.74) is 0.611. The Bertz CT molecular complexity index is 967. The normalized spacial score (nSPS) is 14.1. The lowest BCUT2D eigenvalue weighted by Gasteiger charge is -2.40. The fraction of sp³-hybridized carbons (Fsp3) is 0.0667. The van der Waals surface area contributed by atoms with Gasteiger partial charge >= 0.3 is 16.2 Å². The summed E-state index contributed by atoms with van der Waals surface area (Å²) in [5.74, 6) is -0.192. The average molecular weight is 406 g/mol. The highest BCUT2D eigenvalue weighted by Crippen LogP contribution is 3.02. The summed E-state index contributed by atoms with van der Waals surface area (Å²) >= 11 is 0. The largest absolute Gasteiger partial charge is 0.467 e. The van der Waals surface area contributed by atoms with E-state index in [-0.39, 0.29) is 35.5 Å². The Kier molecular flexibility index (Phi) is 3.99. The van der Waals surface area contributed by atoms with Crippen LogP contribution in [-0.4, -0.2) is 27.0 Å². The lowest BCUT2D eigenvalue weighted by molar-refractivity contribution is 0.363. The van der Waals surface area contributed by atoms with Crippen molar-refractivity contribution in [3.05, 3.63) is 49.1 Å². The molecule has 0 fully saturated rings. The van der Waals surface area contributed by atoms with E-state index in [1.54, 1.807) is 0 Å². The summed E-state index contributed by atoms with van der Waals surface area (Å²) in [7, 11) is -8.35. The summed E-state index contributed by atoms with van der Waals surface area (Å²) in [6.07, 6.45) is 5.44. The molecule has 0 aliphatic carbocycles. The smallest absolute Gasteiger partial charge is 0.316 e. The van der Waals surface area contributed by atoms with Crippen LogP contribution < -0.4 is 9.47 Å². The third-order valence-electron chi connectivity index (χ3n) is 3.23. The minimum absolute atomic E-state index is 0.0636. The number of hydrogen-bond donors (Lipinski definition) is 0. The molecule has 0 amide bonds.